The Bertz CT molecular complexity index is 265. The molecule has 0 fully saturated rings. The summed E-state index contributed by atoms with van der Waals surface area (Å²) in [5.74, 6) is 0. The van der Waals surface area contributed by atoms with Gasteiger partial charge < -0.3 is 10.1 Å². The smallest absolute Gasteiger partial charge is 0.0658 e. The van der Waals surface area contributed by atoms with Crippen LogP contribution in [0.4, 0.5) is 0 Å². The van der Waals surface area contributed by atoms with Crippen LogP contribution in [0.15, 0.2) is 24.3 Å². The summed E-state index contributed by atoms with van der Waals surface area (Å²) in [6.07, 6.45) is 0. The second kappa shape index (κ2) is 5.22. The maximum absolute atomic E-state index is 6.04. The zero-order valence-corrected chi connectivity index (χ0v) is 8.64. The van der Waals surface area contributed by atoms with E-state index in [-0.39, 0.29) is 6.04 Å². The van der Waals surface area contributed by atoms with Crippen LogP contribution in [0, 0.1) is 0 Å². The molecule has 0 saturated heterocycles. The number of hydrogen-bond donors (Lipinski definition) is 1. The number of hydrogen-bond acceptors (Lipinski definition) is 2. The number of rotatable bonds is 4. The molecule has 0 radical (unpaired) electrons. The number of halogens is 1. The van der Waals surface area contributed by atoms with Crippen LogP contribution < -0.4 is 5.32 Å². The maximum atomic E-state index is 6.04. The van der Waals surface area contributed by atoms with Crippen molar-refractivity contribution >= 4 is 11.6 Å². The lowest BCUT2D eigenvalue weighted by atomic mass is 10.1. The summed E-state index contributed by atoms with van der Waals surface area (Å²) in [4.78, 5) is 0. The highest BCUT2D eigenvalue weighted by atomic mass is 35.5. The Labute approximate surface area is 83.9 Å². The lowest BCUT2D eigenvalue weighted by Gasteiger charge is -2.16. The van der Waals surface area contributed by atoms with Crippen molar-refractivity contribution < 1.29 is 4.74 Å². The molecule has 1 atom stereocenters. The van der Waals surface area contributed by atoms with Gasteiger partial charge >= 0.3 is 0 Å². The molecule has 3 heteroatoms. The van der Waals surface area contributed by atoms with Crippen LogP contribution in [0.25, 0.3) is 0 Å². The lowest BCUT2D eigenvalue weighted by molar-refractivity contribution is 0.170. The third-order valence-electron chi connectivity index (χ3n) is 1.96. The molecule has 0 aliphatic rings. The largest absolute Gasteiger partial charge is 0.383 e. The molecule has 1 rings (SSSR count). The minimum Gasteiger partial charge on any atom is -0.383 e. The Hall–Kier alpha value is -0.570. The van der Waals surface area contributed by atoms with E-state index in [0.717, 1.165) is 10.6 Å². The Morgan fingerprint density at radius 3 is 2.69 bits per heavy atom. The average Bonchev–Trinajstić information content (AvgIpc) is 2.16. The number of nitrogens with one attached hydrogen (secondary N) is 1. The molecule has 1 aromatic carbocycles. The normalized spacial score (nSPS) is 12.8. The molecular formula is C10H14ClNO. The van der Waals surface area contributed by atoms with E-state index in [1.807, 2.05) is 31.3 Å². The highest BCUT2D eigenvalue weighted by molar-refractivity contribution is 6.31. The van der Waals surface area contributed by atoms with Gasteiger partial charge in [0.2, 0.25) is 0 Å². The monoisotopic (exact) mass is 199 g/mol. The molecule has 1 aromatic rings. The zero-order chi connectivity index (χ0) is 9.68. The third-order valence-corrected chi connectivity index (χ3v) is 2.31. The maximum Gasteiger partial charge on any atom is 0.0658 e. The van der Waals surface area contributed by atoms with Crippen LogP contribution >= 0.6 is 11.6 Å². The predicted octanol–water partition coefficient (Wildman–Crippen LogP) is 2.25. The standard InChI is InChI=1S/C10H14ClNO/c1-12-10(7-13-2)8-5-3-4-6-9(8)11/h3-6,10,12H,7H2,1-2H3. The van der Waals surface area contributed by atoms with Crippen molar-refractivity contribution in [3.8, 4) is 0 Å². The number of methoxy groups -OCH3 is 1. The van der Waals surface area contributed by atoms with Gasteiger partial charge in [-0.15, -0.1) is 0 Å². The van der Waals surface area contributed by atoms with Gasteiger partial charge in [0.1, 0.15) is 0 Å². The molecule has 0 bridgehead atoms. The molecule has 0 spiro atoms. The Morgan fingerprint density at radius 2 is 2.15 bits per heavy atom. The van der Waals surface area contributed by atoms with Gasteiger partial charge in [0.25, 0.3) is 0 Å². The first-order valence-electron chi connectivity index (χ1n) is 4.20. The van der Waals surface area contributed by atoms with Crippen molar-refractivity contribution in [2.75, 3.05) is 20.8 Å². The lowest BCUT2D eigenvalue weighted by Crippen LogP contribution is -2.21. The summed E-state index contributed by atoms with van der Waals surface area (Å²) < 4.78 is 5.08. The molecule has 1 unspecified atom stereocenters. The van der Waals surface area contributed by atoms with Gasteiger partial charge in [0.05, 0.1) is 12.6 Å². The van der Waals surface area contributed by atoms with Gasteiger partial charge in [-0.2, -0.15) is 0 Å². The van der Waals surface area contributed by atoms with Gasteiger partial charge in [-0.05, 0) is 18.7 Å². The predicted molar refractivity (Wildman–Crippen MR) is 55.1 cm³/mol. The molecular weight excluding hydrogens is 186 g/mol. The van der Waals surface area contributed by atoms with Gasteiger partial charge in [-0.3, -0.25) is 0 Å². The van der Waals surface area contributed by atoms with E-state index in [4.69, 9.17) is 16.3 Å². The highest BCUT2D eigenvalue weighted by Crippen LogP contribution is 2.22. The van der Waals surface area contributed by atoms with Crippen molar-refractivity contribution in [2.45, 2.75) is 6.04 Å². The molecule has 0 aromatic heterocycles. The first kappa shape index (κ1) is 10.5. The summed E-state index contributed by atoms with van der Waals surface area (Å²) >= 11 is 6.04. The number of likely N-dealkylation sites (N-methyl/N-ethyl adjacent to an activating group) is 1. The minimum atomic E-state index is 0.165. The molecule has 0 aliphatic carbocycles. The van der Waals surface area contributed by atoms with E-state index in [0.29, 0.717) is 6.61 Å². The molecule has 13 heavy (non-hydrogen) atoms. The summed E-state index contributed by atoms with van der Waals surface area (Å²) in [5.41, 5.74) is 1.08. The fourth-order valence-electron chi connectivity index (χ4n) is 1.25. The zero-order valence-electron chi connectivity index (χ0n) is 7.88. The number of ether oxygens (including phenoxy) is 1. The summed E-state index contributed by atoms with van der Waals surface area (Å²) in [6.45, 7) is 0.625. The van der Waals surface area contributed by atoms with E-state index in [9.17, 15) is 0 Å². The quantitative estimate of drug-likeness (QED) is 0.803. The van der Waals surface area contributed by atoms with Gasteiger partial charge in [-0.1, -0.05) is 29.8 Å². The van der Waals surface area contributed by atoms with Crippen molar-refractivity contribution in [1.82, 2.24) is 5.32 Å². The third kappa shape index (κ3) is 2.69. The Balaban J connectivity index is 2.84. The van der Waals surface area contributed by atoms with Crippen molar-refractivity contribution in [2.24, 2.45) is 0 Å². The molecule has 1 N–H and O–H groups in total. The van der Waals surface area contributed by atoms with Crippen LogP contribution in [0.5, 0.6) is 0 Å². The summed E-state index contributed by atoms with van der Waals surface area (Å²) in [7, 11) is 3.58. The second-order valence-electron chi connectivity index (χ2n) is 2.82. The Morgan fingerprint density at radius 1 is 1.46 bits per heavy atom. The summed E-state index contributed by atoms with van der Waals surface area (Å²) in [5, 5.41) is 3.93. The second-order valence-corrected chi connectivity index (χ2v) is 3.23. The SMILES string of the molecule is CNC(COC)c1ccccc1Cl. The molecule has 0 saturated carbocycles. The summed E-state index contributed by atoms with van der Waals surface area (Å²) in [6, 6.07) is 7.95. The van der Waals surface area contributed by atoms with Crippen LogP contribution in [0.3, 0.4) is 0 Å². The van der Waals surface area contributed by atoms with Crippen LogP contribution in [0.2, 0.25) is 5.02 Å². The molecule has 72 valence electrons. The molecule has 0 aliphatic heterocycles. The molecule has 0 amide bonds. The highest BCUT2D eigenvalue weighted by Gasteiger charge is 2.10. The van der Waals surface area contributed by atoms with Crippen LogP contribution in [-0.4, -0.2) is 20.8 Å². The van der Waals surface area contributed by atoms with Crippen molar-refractivity contribution in [1.29, 1.82) is 0 Å². The topological polar surface area (TPSA) is 21.3 Å². The fourth-order valence-corrected chi connectivity index (χ4v) is 1.52. The first-order chi connectivity index (χ1) is 6.29. The van der Waals surface area contributed by atoms with Crippen molar-refractivity contribution in [3.05, 3.63) is 34.9 Å². The average molecular weight is 200 g/mol. The van der Waals surface area contributed by atoms with E-state index in [1.54, 1.807) is 7.11 Å². The van der Waals surface area contributed by atoms with E-state index in [1.165, 1.54) is 0 Å². The van der Waals surface area contributed by atoms with E-state index in [2.05, 4.69) is 5.32 Å². The van der Waals surface area contributed by atoms with Gasteiger partial charge in [-0.25, -0.2) is 0 Å². The van der Waals surface area contributed by atoms with Crippen molar-refractivity contribution in [3.63, 3.8) is 0 Å². The van der Waals surface area contributed by atoms with Crippen LogP contribution in [0.1, 0.15) is 11.6 Å². The first-order valence-corrected chi connectivity index (χ1v) is 4.58. The molecule has 2 nitrogen and oxygen atoms in total. The number of benzene rings is 1. The van der Waals surface area contributed by atoms with E-state index < -0.39 is 0 Å². The minimum absolute atomic E-state index is 0.165. The van der Waals surface area contributed by atoms with Gasteiger partial charge in [0, 0.05) is 12.1 Å². The Kier molecular flexibility index (Phi) is 4.22. The fraction of sp³-hybridized carbons (Fsp3) is 0.400. The van der Waals surface area contributed by atoms with E-state index >= 15 is 0 Å². The van der Waals surface area contributed by atoms with Crippen LogP contribution in [-0.2, 0) is 4.74 Å². The molecule has 0 heterocycles. The van der Waals surface area contributed by atoms with Gasteiger partial charge in [0.15, 0.2) is 0 Å².